The van der Waals surface area contributed by atoms with Crippen LogP contribution in [0.1, 0.15) is 24.1 Å². The summed E-state index contributed by atoms with van der Waals surface area (Å²) < 4.78 is 0. The van der Waals surface area contributed by atoms with Crippen LogP contribution in [-0.4, -0.2) is 23.6 Å². The highest BCUT2D eigenvalue weighted by Crippen LogP contribution is 2.17. The van der Waals surface area contributed by atoms with Gasteiger partial charge in [0.05, 0.1) is 12.1 Å². The minimum absolute atomic E-state index is 0.0357. The Kier molecular flexibility index (Phi) is 4.07. The van der Waals surface area contributed by atoms with E-state index in [4.69, 9.17) is 0 Å². The van der Waals surface area contributed by atoms with Crippen molar-refractivity contribution in [2.24, 2.45) is 0 Å². The monoisotopic (exact) mass is 250 g/mol. The van der Waals surface area contributed by atoms with Gasteiger partial charge in [-0.1, -0.05) is 24.3 Å². The van der Waals surface area contributed by atoms with Crippen molar-refractivity contribution in [1.82, 2.24) is 10.6 Å². The second-order valence-electron chi connectivity index (χ2n) is 4.36. The van der Waals surface area contributed by atoms with Gasteiger partial charge in [-0.2, -0.15) is 0 Å². The third-order valence-corrected chi connectivity index (χ3v) is 3.99. The van der Waals surface area contributed by atoms with E-state index in [-0.39, 0.29) is 18.0 Å². The van der Waals surface area contributed by atoms with E-state index in [1.54, 1.807) is 11.8 Å². The largest absolute Gasteiger partial charge is 0.348 e. The smallest absolute Gasteiger partial charge is 0.238 e. The van der Waals surface area contributed by atoms with Gasteiger partial charge in [0.1, 0.15) is 0 Å². The lowest BCUT2D eigenvalue weighted by atomic mass is 10.0. The summed E-state index contributed by atoms with van der Waals surface area (Å²) in [6.45, 7) is 4.10. The summed E-state index contributed by atoms with van der Waals surface area (Å²) in [6.07, 6.45) is 0. The molecule has 92 valence electrons. The van der Waals surface area contributed by atoms with E-state index in [9.17, 15) is 4.79 Å². The van der Waals surface area contributed by atoms with Crippen molar-refractivity contribution in [3.05, 3.63) is 35.4 Å². The number of nitrogens with one attached hydrogen (secondary N) is 2. The van der Waals surface area contributed by atoms with Crippen LogP contribution in [0.25, 0.3) is 0 Å². The van der Waals surface area contributed by atoms with Crippen molar-refractivity contribution in [1.29, 1.82) is 0 Å². The van der Waals surface area contributed by atoms with Crippen LogP contribution in [0.3, 0.4) is 0 Å². The Morgan fingerprint density at radius 1 is 1.53 bits per heavy atom. The highest BCUT2D eigenvalue weighted by Gasteiger charge is 2.23. The van der Waals surface area contributed by atoms with Gasteiger partial charge in [-0.05, 0) is 25.0 Å². The van der Waals surface area contributed by atoms with Crippen molar-refractivity contribution in [3.63, 3.8) is 0 Å². The molecule has 2 rings (SSSR count). The number of carbonyl (C=O) groups excluding carboxylic acids is 1. The van der Waals surface area contributed by atoms with E-state index in [2.05, 4.69) is 29.7 Å². The van der Waals surface area contributed by atoms with Crippen LogP contribution in [0.5, 0.6) is 0 Å². The van der Waals surface area contributed by atoms with Crippen LogP contribution in [0, 0.1) is 6.92 Å². The first kappa shape index (κ1) is 12.5. The predicted molar refractivity (Wildman–Crippen MR) is 72.0 cm³/mol. The zero-order chi connectivity index (χ0) is 12.3. The van der Waals surface area contributed by atoms with Crippen LogP contribution in [0.4, 0.5) is 0 Å². The Hall–Kier alpha value is -1.000. The Balaban J connectivity index is 1.99. The minimum atomic E-state index is -0.0357. The normalized spacial score (nSPS) is 21.2. The number of hydrogen-bond acceptors (Lipinski definition) is 3. The molecule has 0 aromatic heterocycles. The molecule has 1 saturated heterocycles. The van der Waals surface area contributed by atoms with E-state index < -0.39 is 0 Å². The number of amides is 1. The molecule has 1 heterocycles. The Bertz CT molecular complexity index is 402. The average Bonchev–Trinajstić information content (AvgIpc) is 2.82. The molecule has 1 amide bonds. The number of aryl methyl sites for hydroxylation is 1. The van der Waals surface area contributed by atoms with Crippen molar-refractivity contribution in [2.45, 2.75) is 25.9 Å². The van der Waals surface area contributed by atoms with Gasteiger partial charge < -0.3 is 5.32 Å². The van der Waals surface area contributed by atoms with E-state index >= 15 is 0 Å². The van der Waals surface area contributed by atoms with Gasteiger partial charge in [-0.15, -0.1) is 11.8 Å². The molecule has 17 heavy (non-hydrogen) atoms. The van der Waals surface area contributed by atoms with Crippen LogP contribution in [0.2, 0.25) is 0 Å². The summed E-state index contributed by atoms with van der Waals surface area (Å²) in [5.74, 6) is 1.84. The molecule has 0 saturated carbocycles. The molecule has 1 aromatic rings. The molecular weight excluding hydrogens is 232 g/mol. The first-order valence-electron chi connectivity index (χ1n) is 5.85. The zero-order valence-corrected chi connectivity index (χ0v) is 11.0. The molecule has 0 bridgehead atoms. The topological polar surface area (TPSA) is 41.1 Å². The Morgan fingerprint density at radius 2 is 2.29 bits per heavy atom. The van der Waals surface area contributed by atoms with E-state index in [0.29, 0.717) is 0 Å². The highest BCUT2D eigenvalue weighted by molar-refractivity contribution is 7.99. The number of rotatable bonds is 3. The lowest BCUT2D eigenvalue weighted by molar-refractivity contribution is -0.123. The molecule has 3 nitrogen and oxygen atoms in total. The van der Waals surface area contributed by atoms with Crippen molar-refractivity contribution >= 4 is 17.7 Å². The van der Waals surface area contributed by atoms with Crippen LogP contribution < -0.4 is 10.6 Å². The second kappa shape index (κ2) is 5.56. The number of hydrogen-bond donors (Lipinski definition) is 2. The van der Waals surface area contributed by atoms with Gasteiger partial charge in [-0.3, -0.25) is 10.1 Å². The molecule has 1 fully saturated rings. The molecular formula is C13H18N2OS. The van der Waals surface area contributed by atoms with E-state index in [1.807, 2.05) is 19.1 Å². The number of benzene rings is 1. The van der Waals surface area contributed by atoms with Gasteiger partial charge in [0, 0.05) is 11.6 Å². The summed E-state index contributed by atoms with van der Waals surface area (Å²) >= 11 is 1.76. The molecule has 1 aromatic carbocycles. The fourth-order valence-electron chi connectivity index (χ4n) is 2.03. The maximum absolute atomic E-state index is 12.0. The molecule has 0 aliphatic carbocycles. The van der Waals surface area contributed by atoms with E-state index in [0.717, 1.165) is 11.6 Å². The maximum atomic E-state index is 12.0. The minimum Gasteiger partial charge on any atom is -0.348 e. The SMILES string of the molecule is Cc1ccccc1[C@H](C)NC(=O)C1CSCN1. The fourth-order valence-corrected chi connectivity index (χ4v) is 2.97. The molecule has 1 aliphatic rings. The van der Waals surface area contributed by atoms with Crippen molar-refractivity contribution in [2.75, 3.05) is 11.6 Å². The van der Waals surface area contributed by atoms with Crippen LogP contribution >= 0.6 is 11.8 Å². The first-order chi connectivity index (χ1) is 8.18. The fraction of sp³-hybridized carbons (Fsp3) is 0.462. The molecule has 0 radical (unpaired) electrons. The van der Waals surface area contributed by atoms with Crippen LogP contribution in [0.15, 0.2) is 24.3 Å². The molecule has 0 spiro atoms. The molecule has 1 unspecified atom stereocenters. The highest BCUT2D eigenvalue weighted by atomic mass is 32.2. The predicted octanol–water partition coefficient (Wildman–Crippen LogP) is 1.83. The summed E-state index contributed by atoms with van der Waals surface area (Å²) in [6, 6.07) is 8.19. The van der Waals surface area contributed by atoms with Crippen LogP contribution in [-0.2, 0) is 4.79 Å². The Morgan fingerprint density at radius 3 is 2.94 bits per heavy atom. The Labute approximate surface area is 106 Å². The lowest BCUT2D eigenvalue weighted by Crippen LogP contribution is -2.43. The zero-order valence-electron chi connectivity index (χ0n) is 10.2. The third-order valence-electron chi connectivity index (χ3n) is 3.05. The summed E-state index contributed by atoms with van der Waals surface area (Å²) in [7, 11) is 0. The second-order valence-corrected chi connectivity index (χ2v) is 5.39. The summed E-state index contributed by atoms with van der Waals surface area (Å²) in [5, 5.41) is 6.24. The standard InChI is InChI=1S/C13H18N2OS/c1-9-5-3-4-6-11(9)10(2)15-13(16)12-7-17-8-14-12/h3-6,10,12,14H,7-8H2,1-2H3,(H,15,16)/t10-,12?/m0/s1. The maximum Gasteiger partial charge on any atom is 0.238 e. The number of carbonyl (C=O) groups is 1. The van der Waals surface area contributed by atoms with Crippen molar-refractivity contribution < 1.29 is 4.79 Å². The first-order valence-corrected chi connectivity index (χ1v) is 7.01. The summed E-state index contributed by atoms with van der Waals surface area (Å²) in [5.41, 5.74) is 2.40. The molecule has 4 heteroatoms. The van der Waals surface area contributed by atoms with Gasteiger partial charge in [-0.25, -0.2) is 0 Å². The quantitative estimate of drug-likeness (QED) is 0.860. The van der Waals surface area contributed by atoms with Gasteiger partial charge in [0.15, 0.2) is 0 Å². The number of thioether (sulfide) groups is 1. The summed E-state index contributed by atoms with van der Waals surface area (Å²) in [4.78, 5) is 12.0. The van der Waals surface area contributed by atoms with Gasteiger partial charge >= 0.3 is 0 Å². The molecule has 1 aliphatic heterocycles. The molecule has 2 N–H and O–H groups in total. The van der Waals surface area contributed by atoms with E-state index in [1.165, 1.54) is 11.1 Å². The average molecular weight is 250 g/mol. The van der Waals surface area contributed by atoms with Crippen molar-refractivity contribution in [3.8, 4) is 0 Å². The molecule has 2 atom stereocenters. The van der Waals surface area contributed by atoms with Gasteiger partial charge in [0.25, 0.3) is 0 Å². The lowest BCUT2D eigenvalue weighted by Gasteiger charge is -2.18. The third kappa shape index (κ3) is 3.01. The van der Waals surface area contributed by atoms with Gasteiger partial charge in [0.2, 0.25) is 5.91 Å².